The fourth-order valence-electron chi connectivity index (χ4n) is 3.61. The van der Waals surface area contributed by atoms with Gasteiger partial charge in [0.2, 0.25) is 10.0 Å². The van der Waals surface area contributed by atoms with Gasteiger partial charge in [-0.3, -0.25) is 4.79 Å². The van der Waals surface area contributed by atoms with Gasteiger partial charge in [0.1, 0.15) is 30.1 Å². The minimum Gasteiger partial charge on any atom is -0.497 e. The minimum atomic E-state index is -4.10. The molecule has 0 amide bonds. The molecule has 0 bridgehead atoms. The largest absolute Gasteiger partial charge is 0.497 e. The van der Waals surface area contributed by atoms with Gasteiger partial charge in [-0.25, -0.2) is 8.42 Å². The molecule has 2 saturated heterocycles. The van der Waals surface area contributed by atoms with E-state index in [1.54, 1.807) is 27.7 Å². The molecule has 2 fully saturated rings. The number of esters is 1. The molecule has 0 saturated carbocycles. The lowest BCUT2D eigenvalue weighted by molar-refractivity contribution is -0.175. The van der Waals surface area contributed by atoms with Crippen LogP contribution in [0.4, 0.5) is 0 Å². The zero-order valence-corrected chi connectivity index (χ0v) is 19.2. The molecule has 2 aliphatic heterocycles. The van der Waals surface area contributed by atoms with Crippen LogP contribution in [0.1, 0.15) is 27.7 Å². The van der Waals surface area contributed by atoms with Gasteiger partial charge in [-0.1, -0.05) is 0 Å². The normalized spacial score (nSPS) is 28.3. The van der Waals surface area contributed by atoms with Crippen LogP contribution in [0.25, 0.3) is 0 Å². The van der Waals surface area contributed by atoms with E-state index in [4.69, 9.17) is 28.4 Å². The fraction of sp³-hybridized carbons (Fsp3) is 0.650. The van der Waals surface area contributed by atoms with Crippen LogP contribution in [0, 0.1) is 0 Å². The smallest absolute Gasteiger partial charge is 0.326 e. The summed E-state index contributed by atoms with van der Waals surface area (Å²) in [6, 6.07) is 4.39. The van der Waals surface area contributed by atoms with Crippen molar-refractivity contribution in [2.45, 2.75) is 68.5 Å². The maximum absolute atomic E-state index is 13.0. The Morgan fingerprint density at radius 3 is 2.23 bits per heavy atom. The molecule has 0 unspecified atom stereocenters. The van der Waals surface area contributed by atoms with E-state index in [0.717, 1.165) is 0 Å². The topological polar surface area (TPSA) is 119 Å². The van der Waals surface area contributed by atoms with Crippen molar-refractivity contribution >= 4 is 16.0 Å². The molecule has 174 valence electrons. The average molecular weight is 460 g/mol. The molecule has 0 aromatic heterocycles. The van der Waals surface area contributed by atoms with Crippen molar-refractivity contribution in [3.8, 4) is 5.75 Å². The number of sulfonamides is 1. The molecule has 1 N–H and O–H groups in total. The molecular formula is C20H29NO9S. The highest BCUT2D eigenvalue weighted by atomic mass is 32.2. The molecule has 10 nitrogen and oxygen atoms in total. The number of ether oxygens (including phenoxy) is 6. The summed E-state index contributed by atoms with van der Waals surface area (Å²) >= 11 is 0. The van der Waals surface area contributed by atoms with E-state index >= 15 is 0 Å². The fourth-order valence-corrected chi connectivity index (χ4v) is 4.80. The number of methoxy groups -OCH3 is 2. The SMILES string of the molecule is COC(=O)[C@H](NS(=O)(=O)c1ccc(OC)cc1)[C@H]1OC(C)(C)O[C@@H]1[C@@H]1COC(C)(C)O1. The van der Waals surface area contributed by atoms with Crippen molar-refractivity contribution in [1.29, 1.82) is 0 Å². The van der Waals surface area contributed by atoms with Crippen molar-refractivity contribution in [1.82, 2.24) is 4.72 Å². The zero-order chi connectivity index (χ0) is 23.0. The number of hydrogen-bond donors (Lipinski definition) is 1. The first-order valence-corrected chi connectivity index (χ1v) is 11.3. The Bertz CT molecular complexity index is 898. The average Bonchev–Trinajstić information content (AvgIpc) is 3.23. The maximum atomic E-state index is 13.0. The van der Waals surface area contributed by atoms with Crippen molar-refractivity contribution in [3.05, 3.63) is 24.3 Å². The number of carbonyl (C=O) groups is 1. The molecule has 0 radical (unpaired) electrons. The molecule has 1 aromatic rings. The summed E-state index contributed by atoms with van der Waals surface area (Å²) in [6.45, 7) is 7.06. The van der Waals surface area contributed by atoms with Crippen molar-refractivity contribution in [2.75, 3.05) is 20.8 Å². The van der Waals surface area contributed by atoms with Gasteiger partial charge in [0, 0.05) is 0 Å². The summed E-state index contributed by atoms with van der Waals surface area (Å²) in [5.74, 6) is -2.23. The van der Waals surface area contributed by atoms with Gasteiger partial charge in [-0.15, -0.1) is 0 Å². The Morgan fingerprint density at radius 2 is 1.71 bits per heavy atom. The summed E-state index contributed by atoms with van der Waals surface area (Å²) in [4.78, 5) is 12.6. The summed E-state index contributed by atoms with van der Waals surface area (Å²) in [5.41, 5.74) is 0. The van der Waals surface area contributed by atoms with Crippen molar-refractivity contribution in [2.24, 2.45) is 0 Å². The number of hydrogen-bond acceptors (Lipinski definition) is 9. The Kier molecular flexibility index (Phi) is 6.66. The van der Waals surface area contributed by atoms with Crippen molar-refractivity contribution < 1.29 is 41.6 Å². The Labute approximate surface area is 182 Å². The molecule has 0 aliphatic carbocycles. The van der Waals surface area contributed by atoms with Crippen molar-refractivity contribution in [3.63, 3.8) is 0 Å². The number of rotatable bonds is 7. The maximum Gasteiger partial charge on any atom is 0.326 e. The van der Waals surface area contributed by atoms with Gasteiger partial charge in [-0.2, -0.15) is 4.72 Å². The lowest BCUT2D eigenvalue weighted by Gasteiger charge is -2.28. The molecular weight excluding hydrogens is 430 g/mol. The quantitative estimate of drug-likeness (QED) is 0.600. The first kappa shape index (κ1) is 23.9. The molecule has 2 heterocycles. The predicted octanol–water partition coefficient (Wildman–Crippen LogP) is 1.19. The molecule has 4 atom stereocenters. The van der Waals surface area contributed by atoms with E-state index in [-0.39, 0.29) is 11.5 Å². The zero-order valence-electron chi connectivity index (χ0n) is 18.4. The number of nitrogens with one attached hydrogen (secondary N) is 1. The third-order valence-corrected chi connectivity index (χ3v) is 6.45. The van der Waals surface area contributed by atoms with Crippen LogP contribution in [-0.2, 0) is 38.5 Å². The summed E-state index contributed by atoms with van der Waals surface area (Å²) in [5, 5.41) is 0. The van der Waals surface area contributed by atoms with Crippen LogP contribution in [-0.4, -0.2) is 71.1 Å². The lowest BCUT2D eigenvalue weighted by atomic mass is 10.0. The second-order valence-corrected chi connectivity index (χ2v) is 9.94. The van der Waals surface area contributed by atoms with Gasteiger partial charge in [-0.05, 0) is 52.0 Å². The van der Waals surface area contributed by atoms with E-state index in [0.29, 0.717) is 5.75 Å². The summed E-state index contributed by atoms with van der Waals surface area (Å²) in [7, 11) is -1.45. The van der Waals surface area contributed by atoms with Crippen LogP contribution in [0.3, 0.4) is 0 Å². The molecule has 0 spiro atoms. The Balaban J connectivity index is 1.90. The first-order valence-electron chi connectivity index (χ1n) is 9.79. The molecule has 2 aliphatic rings. The van der Waals surface area contributed by atoms with E-state index in [1.807, 2.05) is 0 Å². The third-order valence-electron chi connectivity index (χ3n) is 5.00. The summed E-state index contributed by atoms with van der Waals surface area (Å²) < 4.78 is 61.8. The molecule has 11 heteroatoms. The van der Waals surface area contributed by atoms with E-state index in [2.05, 4.69) is 4.72 Å². The summed E-state index contributed by atoms with van der Waals surface area (Å²) in [6.07, 6.45) is -2.36. The number of benzene rings is 1. The highest BCUT2D eigenvalue weighted by Gasteiger charge is 2.54. The van der Waals surface area contributed by atoms with E-state index in [9.17, 15) is 13.2 Å². The van der Waals surface area contributed by atoms with Gasteiger partial charge < -0.3 is 28.4 Å². The second-order valence-electron chi connectivity index (χ2n) is 8.23. The lowest BCUT2D eigenvalue weighted by Crippen LogP contribution is -2.55. The highest BCUT2D eigenvalue weighted by molar-refractivity contribution is 7.89. The monoisotopic (exact) mass is 459 g/mol. The van der Waals surface area contributed by atoms with E-state index in [1.165, 1.54) is 38.5 Å². The van der Waals surface area contributed by atoms with Crippen LogP contribution in [0.15, 0.2) is 29.2 Å². The molecule has 1 aromatic carbocycles. The van der Waals surface area contributed by atoms with Gasteiger partial charge in [0.25, 0.3) is 0 Å². The van der Waals surface area contributed by atoms with E-state index < -0.39 is 51.9 Å². The molecule has 31 heavy (non-hydrogen) atoms. The second kappa shape index (κ2) is 8.64. The van der Waals surface area contributed by atoms with Crippen LogP contribution in [0.2, 0.25) is 0 Å². The standard InChI is InChI=1S/C20H29NO9S/c1-19(2)27-11-14(28-19)16-17(30-20(3,4)29-16)15(18(22)26-6)21-31(23,24)13-9-7-12(25-5)8-10-13/h7-10,14-17,21H,11H2,1-6H3/t14-,15+,16+,17+/m0/s1. The Morgan fingerprint density at radius 1 is 1.06 bits per heavy atom. The van der Waals surface area contributed by atoms with Gasteiger partial charge in [0.15, 0.2) is 11.6 Å². The number of carbonyl (C=O) groups excluding carboxylic acids is 1. The van der Waals surface area contributed by atoms with Crippen LogP contribution in [0.5, 0.6) is 5.75 Å². The Hall–Kier alpha value is -1.76. The predicted molar refractivity (Wildman–Crippen MR) is 108 cm³/mol. The van der Waals surface area contributed by atoms with Crippen LogP contribution >= 0.6 is 0 Å². The highest BCUT2D eigenvalue weighted by Crippen LogP contribution is 2.37. The molecule has 3 rings (SSSR count). The van der Waals surface area contributed by atoms with Crippen LogP contribution < -0.4 is 9.46 Å². The minimum absolute atomic E-state index is 0.0430. The first-order chi connectivity index (χ1) is 14.4. The van der Waals surface area contributed by atoms with Gasteiger partial charge in [0.05, 0.1) is 25.7 Å². The van der Waals surface area contributed by atoms with Gasteiger partial charge >= 0.3 is 5.97 Å². The third kappa shape index (κ3) is 5.36.